The molecular weight excluding hydrogens is 353 g/mol. The number of aliphatic hydroxyl groups excluding tert-OH is 1. The van der Waals surface area contributed by atoms with Gasteiger partial charge in [-0.15, -0.1) is 0 Å². The molecule has 1 heterocycles. The topological polar surface area (TPSA) is 88.0 Å². The lowest BCUT2D eigenvalue weighted by atomic mass is 9.82. The molecule has 0 bridgehead atoms. The lowest BCUT2D eigenvalue weighted by molar-refractivity contribution is -0.139. The Morgan fingerprint density at radius 3 is 2.70 bits per heavy atom. The average molecular weight is 381 g/mol. The SMILES string of the molecule is O=C(O)COc1cccc(F)c1C1CCC(OCC2NCCCC2O)CC1. The van der Waals surface area contributed by atoms with Crippen LogP contribution < -0.4 is 10.1 Å². The minimum absolute atomic E-state index is 0.00626. The molecular formula is C20H28FNO5. The number of rotatable bonds is 7. The molecule has 27 heavy (non-hydrogen) atoms. The molecule has 1 aromatic carbocycles. The van der Waals surface area contributed by atoms with Crippen LogP contribution in [-0.2, 0) is 9.53 Å². The Balaban J connectivity index is 1.53. The van der Waals surface area contributed by atoms with Crippen LogP contribution in [0.2, 0.25) is 0 Å². The quantitative estimate of drug-likeness (QED) is 0.672. The van der Waals surface area contributed by atoms with Crippen LogP contribution in [0.3, 0.4) is 0 Å². The summed E-state index contributed by atoms with van der Waals surface area (Å²) in [5, 5.41) is 22.1. The van der Waals surface area contributed by atoms with Crippen LogP contribution in [-0.4, -0.2) is 54.2 Å². The number of benzene rings is 1. The Bertz CT molecular complexity index is 633. The molecule has 0 amide bonds. The Labute approximate surface area is 158 Å². The van der Waals surface area contributed by atoms with Crippen molar-refractivity contribution < 1.29 is 28.9 Å². The molecule has 0 radical (unpaired) electrons. The number of hydrogen-bond acceptors (Lipinski definition) is 5. The van der Waals surface area contributed by atoms with E-state index in [4.69, 9.17) is 14.6 Å². The third kappa shape index (κ3) is 5.40. The molecule has 7 heteroatoms. The summed E-state index contributed by atoms with van der Waals surface area (Å²) in [5.74, 6) is -1.12. The molecule has 2 unspecified atom stereocenters. The number of carbonyl (C=O) groups is 1. The average Bonchev–Trinajstić information content (AvgIpc) is 2.66. The van der Waals surface area contributed by atoms with Crippen LogP contribution in [0.15, 0.2) is 18.2 Å². The second-order valence-electron chi connectivity index (χ2n) is 7.41. The minimum atomic E-state index is -1.08. The highest BCUT2D eigenvalue weighted by molar-refractivity contribution is 5.68. The van der Waals surface area contributed by atoms with Crippen LogP contribution in [0.1, 0.15) is 50.0 Å². The van der Waals surface area contributed by atoms with Crippen molar-refractivity contribution in [3.05, 3.63) is 29.6 Å². The van der Waals surface area contributed by atoms with Gasteiger partial charge in [0.25, 0.3) is 0 Å². The predicted molar refractivity (Wildman–Crippen MR) is 97.5 cm³/mol. The lowest BCUT2D eigenvalue weighted by Gasteiger charge is -2.33. The number of halogens is 1. The maximum Gasteiger partial charge on any atom is 0.341 e. The van der Waals surface area contributed by atoms with Crippen molar-refractivity contribution in [3.8, 4) is 5.75 Å². The van der Waals surface area contributed by atoms with Gasteiger partial charge >= 0.3 is 5.97 Å². The lowest BCUT2D eigenvalue weighted by Crippen LogP contribution is -2.48. The third-order valence-corrected chi connectivity index (χ3v) is 5.51. The highest BCUT2D eigenvalue weighted by Gasteiger charge is 2.29. The Kier molecular flexibility index (Phi) is 7.04. The zero-order valence-corrected chi connectivity index (χ0v) is 15.4. The first kappa shape index (κ1) is 20.0. The minimum Gasteiger partial charge on any atom is -0.482 e. The first-order valence-electron chi connectivity index (χ1n) is 9.70. The van der Waals surface area contributed by atoms with Gasteiger partial charge in [0.05, 0.1) is 24.9 Å². The fourth-order valence-electron chi connectivity index (χ4n) is 4.04. The van der Waals surface area contributed by atoms with E-state index in [2.05, 4.69) is 5.32 Å². The number of ether oxygens (including phenoxy) is 2. The van der Waals surface area contributed by atoms with Gasteiger partial charge in [0, 0.05) is 5.56 Å². The number of piperidine rings is 1. The van der Waals surface area contributed by atoms with Crippen LogP contribution in [0, 0.1) is 5.82 Å². The van der Waals surface area contributed by atoms with Crippen molar-refractivity contribution in [2.75, 3.05) is 19.8 Å². The number of carboxylic acid groups (broad SMARTS) is 1. The molecule has 3 rings (SSSR count). The first-order chi connectivity index (χ1) is 13.0. The van der Waals surface area contributed by atoms with E-state index in [-0.39, 0.29) is 30.0 Å². The van der Waals surface area contributed by atoms with Crippen molar-refractivity contribution in [2.24, 2.45) is 0 Å². The Hall–Kier alpha value is -1.70. The van der Waals surface area contributed by atoms with Crippen molar-refractivity contribution >= 4 is 5.97 Å². The van der Waals surface area contributed by atoms with Crippen LogP contribution in [0.4, 0.5) is 4.39 Å². The monoisotopic (exact) mass is 381 g/mol. The maximum atomic E-state index is 14.4. The molecule has 6 nitrogen and oxygen atoms in total. The molecule has 2 fully saturated rings. The molecule has 1 saturated heterocycles. The van der Waals surface area contributed by atoms with E-state index in [0.29, 0.717) is 17.9 Å². The van der Waals surface area contributed by atoms with E-state index in [0.717, 1.165) is 45.1 Å². The molecule has 1 aliphatic heterocycles. The number of hydrogen-bond donors (Lipinski definition) is 3. The van der Waals surface area contributed by atoms with Crippen molar-refractivity contribution in [2.45, 2.75) is 62.7 Å². The smallest absolute Gasteiger partial charge is 0.341 e. The predicted octanol–water partition coefficient (Wildman–Crippen LogP) is 2.44. The zero-order valence-electron chi connectivity index (χ0n) is 15.4. The van der Waals surface area contributed by atoms with E-state index >= 15 is 0 Å². The summed E-state index contributed by atoms with van der Waals surface area (Å²) in [6.45, 7) is 0.916. The van der Waals surface area contributed by atoms with Gasteiger partial charge in [-0.25, -0.2) is 9.18 Å². The largest absolute Gasteiger partial charge is 0.482 e. The Morgan fingerprint density at radius 1 is 1.22 bits per heavy atom. The molecule has 0 aromatic heterocycles. The number of aliphatic hydroxyl groups is 1. The normalized spacial score (nSPS) is 28.7. The highest BCUT2D eigenvalue weighted by atomic mass is 19.1. The van der Waals surface area contributed by atoms with E-state index in [9.17, 15) is 14.3 Å². The summed E-state index contributed by atoms with van der Waals surface area (Å²) in [6, 6.07) is 4.54. The Morgan fingerprint density at radius 2 is 2.00 bits per heavy atom. The fourth-order valence-corrected chi connectivity index (χ4v) is 4.04. The second-order valence-corrected chi connectivity index (χ2v) is 7.41. The molecule has 1 aliphatic carbocycles. The van der Waals surface area contributed by atoms with Gasteiger partial charge < -0.3 is 25.0 Å². The first-order valence-corrected chi connectivity index (χ1v) is 9.70. The zero-order chi connectivity index (χ0) is 19.2. The summed E-state index contributed by atoms with van der Waals surface area (Å²) in [7, 11) is 0. The second kappa shape index (κ2) is 9.48. The molecule has 2 atom stereocenters. The van der Waals surface area contributed by atoms with Crippen molar-refractivity contribution in [3.63, 3.8) is 0 Å². The van der Waals surface area contributed by atoms with Crippen LogP contribution >= 0.6 is 0 Å². The van der Waals surface area contributed by atoms with Gasteiger partial charge in [0.1, 0.15) is 11.6 Å². The van der Waals surface area contributed by atoms with Crippen LogP contribution in [0.25, 0.3) is 0 Å². The molecule has 1 saturated carbocycles. The van der Waals surface area contributed by atoms with Gasteiger partial charge in [-0.2, -0.15) is 0 Å². The summed E-state index contributed by atoms with van der Waals surface area (Å²) in [4.78, 5) is 10.8. The maximum absolute atomic E-state index is 14.4. The van der Waals surface area contributed by atoms with E-state index < -0.39 is 12.6 Å². The summed E-state index contributed by atoms with van der Waals surface area (Å²) < 4.78 is 25.7. The standard InChI is InChI=1S/C20H28FNO5/c21-15-3-1-5-18(27-12-19(24)25)20(15)13-6-8-14(9-7-13)26-11-16-17(23)4-2-10-22-16/h1,3,5,13-14,16-17,22-23H,2,4,6-12H2,(H,24,25). The molecule has 2 aliphatic rings. The van der Waals surface area contributed by atoms with Gasteiger partial charge in [0.2, 0.25) is 0 Å². The van der Waals surface area contributed by atoms with Crippen molar-refractivity contribution in [1.29, 1.82) is 0 Å². The van der Waals surface area contributed by atoms with Gasteiger partial charge in [-0.3, -0.25) is 0 Å². The molecule has 0 spiro atoms. The van der Waals surface area contributed by atoms with Gasteiger partial charge in [0.15, 0.2) is 6.61 Å². The molecule has 1 aromatic rings. The number of nitrogens with one attached hydrogen (secondary N) is 1. The van der Waals surface area contributed by atoms with Crippen LogP contribution in [0.5, 0.6) is 5.75 Å². The van der Waals surface area contributed by atoms with Gasteiger partial charge in [-0.05, 0) is 63.1 Å². The molecule has 3 N–H and O–H groups in total. The number of aliphatic carboxylic acids is 1. The summed E-state index contributed by atoms with van der Waals surface area (Å²) in [6.07, 6.45) is 4.67. The summed E-state index contributed by atoms with van der Waals surface area (Å²) >= 11 is 0. The van der Waals surface area contributed by atoms with E-state index in [1.54, 1.807) is 6.07 Å². The number of carboxylic acids is 1. The van der Waals surface area contributed by atoms with E-state index in [1.807, 2.05) is 0 Å². The van der Waals surface area contributed by atoms with Gasteiger partial charge in [-0.1, -0.05) is 6.07 Å². The summed E-state index contributed by atoms with van der Waals surface area (Å²) in [5.41, 5.74) is 0.474. The van der Waals surface area contributed by atoms with Crippen molar-refractivity contribution in [1.82, 2.24) is 5.32 Å². The van der Waals surface area contributed by atoms with E-state index in [1.165, 1.54) is 12.1 Å². The highest BCUT2D eigenvalue weighted by Crippen LogP contribution is 2.39. The molecule has 150 valence electrons. The third-order valence-electron chi connectivity index (χ3n) is 5.51. The fraction of sp³-hybridized carbons (Fsp3) is 0.650.